The fraction of sp³-hybridized carbons (Fsp3) is 0.324. The van der Waals surface area contributed by atoms with E-state index in [0.717, 1.165) is 53.5 Å². The number of benzene rings is 3. The first-order valence-corrected chi connectivity index (χ1v) is 16.1. The number of hydrogen-bond donors (Lipinski definition) is 2. The highest BCUT2D eigenvalue weighted by Crippen LogP contribution is 2.49. The van der Waals surface area contributed by atoms with Gasteiger partial charge in [0.1, 0.15) is 36.1 Å². The van der Waals surface area contributed by atoms with Gasteiger partial charge in [-0.2, -0.15) is 5.26 Å². The van der Waals surface area contributed by atoms with Crippen LogP contribution in [0.4, 0.5) is 4.39 Å². The molecule has 4 aromatic rings. The number of hydrogen-bond acceptors (Lipinski definition) is 6. The van der Waals surface area contributed by atoms with E-state index in [4.69, 9.17) is 21.1 Å². The number of carbonyl (C=O) groups is 1. The molecule has 0 spiro atoms. The lowest BCUT2D eigenvalue weighted by Gasteiger charge is -2.29. The first-order chi connectivity index (χ1) is 22.4. The van der Waals surface area contributed by atoms with Crippen molar-refractivity contribution in [2.45, 2.75) is 57.4 Å². The Balaban J connectivity index is 1.16. The van der Waals surface area contributed by atoms with Crippen molar-refractivity contribution in [2.75, 3.05) is 0 Å². The highest BCUT2D eigenvalue weighted by atomic mass is 35.5. The number of nitrogens with zero attached hydrogens (tertiary/aromatic N) is 2. The first kappa shape index (κ1) is 30.2. The molecule has 1 heterocycles. The molecule has 7 rings (SSSR count). The highest BCUT2D eigenvalue weighted by molar-refractivity contribution is 6.32. The molecular weight excluding hydrogens is 605 g/mol. The van der Waals surface area contributed by atoms with Crippen LogP contribution in [-0.2, 0) is 24.4 Å². The van der Waals surface area contributed by atoms with E-state index >= 15 is 0 Å². The average Bonchev–Trinajstić information content (AvgIpc) is 3.80. The van der Waals surface area contributed by atoms with Crippen LogP contribution in [0.1, 0.15) is 59.6 Å². The summed E-state index contributed by atoms with van der Waals surface area (Å²) in [7, 11) is 0. The second kappa shape index (κ2) is 12.7. The summed E-state index contributed by atoms with van der Waals surface area (Å²) in [5, 5.41) is 23.2. The fourth-order valence-electron chi connectivity index (χ4n) is 7.72. The summed E-state index contributed by atoms with van der Waals surface area (Å²) in [6.07, 6.45) is 7.27. The highest BCUT2D eigenvalue weighted by Gasteiger charge is 2.50. The maximum Gasteiger partial charge on any atom is 0.308 e. The Bertz CT molecular complexity index is 1840. The molecule has 3 aliphatic carbocycles. The predicted molar refractivity (Wildman–Crippen MR) is 171 cm³/mol. The van der Waals surface area contributed by atoms with Crippen molar-refractivity contribution in [3.63, 3.8) is 0 Å². The van der Waals surface area contributed by atoms with Crippen molar-refractivity contribution in [1.82, 2.24) is 10.3 Å². The van der Waals surface area contributed by atoms with Crippen molar-refractivity contribution < 1.29 is 23.8 Å². The lowest BCUT2D eigenvalue weighted by atomic mass is 9.84. The minimum atomic E-state index is -0.747. The molecule has 2 fully saturated rings. The number of rotatable bonds is 10. The summed E-state index contributed by atoms with van der Waals surface area (Å²) >= 11 is 6.85. The minimum absolute atomic E-state index is 0.117. The van der Waals surface area contributed by atoms with Gasteiger partial charge in [-0.05, 0) is 78.8 Å². The summed E-state index contributed by atoms with van der Waals surface area (Å²) in [6, 6.07) is 20.0. The normalized spacial score (nSPS) is 22.8. The average molecular weight is 638 g/mol. The van der Waals surface area contributed by atoms with Crippen molar-refractivity contribution in [3.8, 4) is 28.7 Å². The van der Waals surface area contributed by atoms with Crippen molar-refractivity contribution in [3.05, 3.63) is 112 Å². The molecule has 2 saturated carbocycles. The van der Waals surface area contributed by atoms with E-state index in [1.807, 2.05) is 30.3 Å². The number of carboxylic acids is 1. The molecule has 0 unspecified atom stereocenters. The number of fused-ring (bicyclic) bond motifs is 3. The third-order valence-electron chi connectivity index (χ3n) is 9.81. The van der Waals surface area contributed by atoms with E-state index in [1.165, 1.54) is 12.3 Å². The van der Waals surface area contributed by atoms with Gasteiger partial charge in [0, 0.05) is 47.7 Å². The third kappa shape index (κ3) is 5.81. The van der Waals surface area contributed by atoms with Crippen molar-refractivity contribution >= 4 is 17.6 Å². The summed E-state index contributed by atoms with van der Waals surface area (Å²) in [6.45, 7) is 0.544. The fourth-order valence-corrected chi connectivity index (χ4v) is 7.95. The van der Waals surface area contributed by atoms with Gasteiger partial charge < -0.3 is 19.9 Å². The molecule has 7 nitrogen and oxygen atoms in total. The number of carboxylic acid groups (broad SMARTS) is 1. The van der Waals surface area contributed by atoms with Crippen LogP contribution < -0.4 is 14.8 Å². The minimum Gasteiger partial charge on any atom is -0.488 e. The lowest BCUT2D eigenvalue weighted by molar-refractivity contribution is -0.144. The van der Waals surface area contributed by atoms with Crippen LogP contribution in [0.2, 0.25) is 5.02 Å². The number of ether oxygens (including phenoxy) is 2. The van der Waals surface area contributed by atoms with Crippen molar-refractivity contribution in [1.29, 1.82) is 5.26 Å². The zero-order valence-electron chi connectivity index (χ0n) is 25.1. The Morgan fingerprint density at radius 2 is 1.87 bits per heavy atom. The SMILES string of the molecule is N#Cc1cncc(COc2cc(O[C@H]3CCc4c(-c5ccccc5F)cccc43)c(Cl)cc2CN[C@H]2[C@H]3CC[C@@H](C3)[C@@H]2C(=O)O)c1. The molecule has 0 aliphatic heterocycles. The second-order valence-electron chi connectivity index (χ2n) is 12.5. The van der Waals surface area contributed by atoms with Gasteiger partial charge in [-0.3, -0.25) is 9.78 Å². The van der Waals surface area contributed by atoms with Crippen LogP contribution in [0, 0.1) is 34.9 Å². The summed E-state index contributed by atoms with van der Waals surface area (Å²) < 4.78 is 27.6. The molecule has 0 amide bonds. The topological polar surface area (TPSA) is 104 Å². The Hall–Kier alpha value is -4.45. The van der Waals surface area contributed by atoms with Gasteiger partial charge >= 0.3 is 5.97 Å². The van der Waals surface area contributed by atoms with E-state index in [1.54, 1.807) is 30.5 Å². The number of pyridine rings is 1. The first-order valence-electron chi connectivity index (χ1n) is 15.7. The zero-order valence-corrected chi connectivity index (χ0v) is 25.8. The molecule has 3 aromatic carbocycles. The Morgan fingerprint density at radius 1 is 1.04 bits per heavy atom. The standard InChI is InChI=1S/C37H33ClFN3O4/c38-30-14-25(19-42-36-24-9-8-23(13-24)35(36)37(43)44)33(45-20-22-12-21(16-40)17-41-18-22)15-34(30)46-32-11-10-27-26(5-3-6-29(27)32)28-4-1-2-7-31(28)39/h1-7,12,14-15,17-18,23-24,32,35-36,42H,8-11,13,19-20H2,(H,43,44)/t23-,24-,32-,35-,36-/m0/s1. The smallest absolute Gasteiger partial charge is 0.308 e. The molecule has 9 heteroatoms. The van der Waals surface area contributed by atoms with Crippen LogP contribution in [-0.4, -0.2) is 22.1 Å². The molecule has 1 aromatic heterocycles. The molecule has 0 saturated heterocycles. The summed E-state index contributed by atoms with van der Waals surface area (Å²) in [5.74, 6) is 0.142. The molecule has 5 atom stereocenters. The van der Waals surface area contributed by atoms with E-state index in [9.17, 15) is 19.6 Å². The second-order valence-corrected chi connectivity index (χ2v) is 12.9. The monoisotopic (exact) mass is 637 g/mol. The quantitative estimate of drug-likeness (QED) is 0.184. The van der Waals surface area contributed by atoms with Gasteiger partial charge in [0.15, 0.2) is 0 Å². The Kier molecular flexibility index (Phi) is 8.37. The van der Waals surface area contributed by atoms with Crippen molar-refractivity contribution in [2.24, 2.45) is 17.8 Å². The molecule has 0 radical (unpaired) electrons. The Morgan fingerprint density at radius 3 is 2.70 bits per heavy atom. The maximum atomic E-state index is 14.7. The van der Waals surface area contributed by atoms with E-state index in [2.05, 4.69) is 16.4 Å². The summed E-state index contributed by atoms with van der Waals surface area (Å²) in [4.78, 5) is 16.3. The molecule has 234 valence electrons. The molecular formula is C37H33ClFN3O4. The molecule has 2 bridgehead atoms. The van der Waals surface area contributed by atoms with Crippen LogP contribution in [0.5, 0.6) is 11.5 Å². The number of halogens is 2. The predicted octanol–water partition coefficient (Wildman–Crippen LogP) is 7.65. The van der Waals surface area contributed by atoms with E-state index in [-0.39, 0.29) is 30.5 Å². The van der Waals surface area contributed by atoms with Crippen LogP contribution >= 0.6 is 11.6 Å². The number of aromatic nitrogens is 1. The zero-order chi connectivity index (χ0) is 31.8. The van der Waals surface area contributed by atoms with Gasteiger partial charge in [-0.25, -0.2) is 4.39 Å². The van der Waals surface area contributed by atoms with Gasteiger partial charge in [0.25, 0.3) is 0 Å². The molecule has 46 heavy (non-hydrogen) atoms. The van der Waals surface area contributed by atoms with Gasteiger partial charge in [0.2, 0.25) is 0 Å². The van der Waals surface area contributed by atoms with E-state index < -0.39 is 11.9 Å². The van der Waals surface area contributed by atoms with Crippen LogP contribution in [0.25, 0.3) is 11.1 Å². The number of nitrogens with one attached hydrogen (secondary N) is 1. The van der Waals surface area contributed by atoms with Gasteiger partial charge in [-0.15, -0.1) is 0 Å². The van der Waals surface area contributed by atoms with Gasteiger partial charge in [0.05, 0.1) is 16.5 Å². The summed E-state index contributed by atoms with van der Waals surface area (Å²) in [5.41, 5.74) is 5.46. The number of nitriles is 1. The Labute approximate surface area is 272 Å². The third-order valence-corrected chi connectivity index (χ3v) is 10.1. The molecule has 2 N–H and O–H groups in total. The lowest BCUT2D eigenvalue weighted by Crippen LogP contribution is -2.43. The van der Waals surface area contributed by atoms with Gasteiger partial charge in [-0.1, -0.05) is 48.0 Å². The maximum absolute atomic E-state index is 14.7. The van der Waals surface area contributed by atoms with Crippen LogP contribution in [0.15, 0.2) is 73.1 Å². The molecule has 3 aliphatic rings. The van der Waals surface area contributed by atoms with Crippen LogP contribution in [0.3, 0.4) is 0 Å². The largest absolute Gasteiger partial charge is 0.488 e. The van der Waals surface area contributed by atoms with E-state index in [0.29, 0.717) is 46.5 Å². The number of aliphatic carboxylic acids is 1.